The molecule has 4 heteroatoms. The quantitative estimate of drug-likeness (QED) is 0.638. The van der Waals surface area contributed by atoms with Crippen LogP contribution in [0.1, 0.15) is 19.5 Å². The van der Waals surface area contributed by atoms with Gasteiger partial charge in [-0.1, -0.05) is 50.2 Å². The number of rotatable bonds is 8. The molecule has 0 spiro atoms. The highest BCUT2D eigenvalue weighted by atomic mass is 16.3. The minimum atomic E-state index is 0.687. The molecule has 0 bridgehead atoms. The Hall–Kier alpha value is -2.17. The summed E-state index contributed by atoms with van der Waals surface area (Å²) in [5, 5.41) is 5.81. The van der Waals surface area contributed by atoms with E-state index in [0.29, 0.717) is 5.89 Å². The first-order chi connectivity index (χ1) is 11.8. The fourth-order valence-electron chi connectivity index (χ4n) is 2.92. The Morgan fingerprint density at radius 2 is 1.83 bits per heavy atom. The van der Waals surface area contributed by atoms with Crippen LogP contribution in [0.3, 0.4) is 0 Å². The van der Waals surface area contributed by atoms with Crippen molar-refractivity contribution in [3.63, 3.8) is 0 Å². The summed E-state index contributed by atoms with van der Waals surface area (Å²) < 4.78 is 5.72. The number of fused-ring (bicyclic) bond motifs is 1. The molecule has 3 aromatic rings. The van der Waals surface area contributed by atoms with Gasteiger partial charge in [0.2, 0.25) is 5.89 Å². The van der Waals surface area contributed by atoms with Gasteiger partial charge in [-0.3, -0.25) is 0 Å². The van der Waals surface area contributed by atoms with Crippen LogP contribution in [0.15, 0.2) is 53.1 Å². The second kappa shape index (κ2) is 8.08. The van der Waals surface area contributed by atoms with E-state index < -0.39 is 0 Å². The van der Waals surface area contributed by atoms with Gasteiger partial charge in [0.1, 0.15) is 6.26 Å². The van der Waals surface area contributed by atoms with Crippen molar-refractivity contribution in [3.8, 4) is 11.5 Å². The molecule has 0 amide bonds. The SMILES string of the molecule is CCN(CC)CCNCc1coc(-c2cccc3ccccc23)n1. The highest BCUT2D eigenvalue weighted by molar-refractivity contribution is 5.94. The number of aromatic nitrogens is 1. The van der Waals surface area contributed by atoms with Crippen molar-refractivity contribution in [2.24, 2.45) is 0 Å². The third-order valence-electron chi connectivity index (χ3n) is 4.38. The van der Waals surface area contributed by atoms with Gasteiger partial charge in [0.25, 0.3) is 0 Å². The molecule has 0 atom stereocenters. The minimum absolute atomic E-state index is 0.687. The molecular weight excluding hydrogens is 298 g/mol. The number of hydrogen-bond acceptors (Lipinski definition) is 4. The second-order valence-corrected chi connectivity index (χ2v) is 5.87. The van der Waals surface area contributed by atoms with Gasteiger partial charge in [-0.05, 0) is 29.9 Å². The molecule has 1 aromatic heterocycles. The fourth-order valence-corrected chi connectivity index (χ4v) is 2.92. The molecule has 0 aliphatic heterocycles. The molecule has 0 fully saturated rings. The van der Waals surface area contributed by atoms with Crippen molar-refractivity contribution < 1.29 is 4.42 Å². The van der Waals surface area contributed by atoms with Crippen LogP contribution < -0.4 is 5.32 Å². The van der Waals surface area contributed by atoms with Crippen LogP contribution in [0, 0.1) is 0 Å². The molecule has 0 radical (unpaired) electrons. The van der Waals surface area contributed by atoms with Gasteiger partial charge >= 0.3 is 0 Å². The summed E-state index contributed by atoms with van der Waals surface area (Å²) in [6.45, 7) is 9.31. The minimum Gasteiger partial charge on any atom is -0.444 e. The van der Waals surface area contributed by atoms with E-state index in [4.69, 9.17) is 4.42 Å². The van der Waals surface area contributed by atoms with E-state index in [1.807, 2.05) is 18.2 Å². The number of oxazole rings is 1. The van der Waals surface area contributed by atoms with Crippen molar-refractivity contribution in [3.05, 3.63) is 54.4 Å². The first-order valence-electron chi connectivity index (χ1n) is 8.67. The Bertz CT molecular complexity index is 772. The average molecular weight is 323 g/mol. The summed E-state index contributed by atoms with van der Waals surface area (Å²) in [4.78, 5) is 7.04. The molecule has 0 saturated heterocycles. The molecule has 4 nitrogen and oxygen atoms in total. The fraction of sp³-hybridized carbons (Fsp3) is 0.350. The standard InChI is InChI=1S/C20H25N3O/c1-3-23(4-2)13-12-21-14-17-15-24-20(22-17)19-11-7-9-16-8-5-6-10-18(16)19/h5-11,15,21H,3-4,12-14H2,1-2H3. The topological polar surface area (TPSA) is 41.3 Å². The molecular formula is C20H25N3O. The number of nitrogens with zero attached hydrogens (tertiary/aromatic N) is 2. The monoisotopic (exact) mass is 323 g/mol. The van der Waals surface area contributed by atoms with Crippen molar-refractivity contribution in [1.29, 1.82) is 0 Å². The molecule has 0 saturated carbocycles. The highest BCUT2D eigenvalue weighted by Crippen LogP contribution is 2.27. The van der Waals surface area contributed by atoms with E-state index in [1.54, 1.807) is 6.26 Å². The molecule has 0 aliphatic rings. The Kier molecular flexibility index (Phi) is 5.62. The van der Waals surface area contributed by atoms with Gasteiger partial charge < -0.3 is 14.6 Å². The van der Waals surface area contributed by atoms with Crippen molar-refractivity contribution in [2.45, 2.75) is 20.4 Å². The van der Waals surface area contributed by atoms with E-state index >= 15 is 0 Å². The smallest absolute Gasteiger partial charge is 0.226 e. The zero-order valence-electron chi connectivity index (χ0n) is 14.5. The van der Waals surface area contributed by atoms with Gasteiger partial charge in [0, 0.05) is 25.2 Å². The molecule has 1 N–H and O–H groups in total. The summed E-state index contributed by atoms with van der Waals surface area (Å²) in [7, 11) is 0. The van der Waals surface area contributed by atoms with Gasteiger partial charge in [0.15, 0.2) is 0 Å². The lowest BCUT2D eigenvalue weighted by atomic mass is 10.0. The Labute approximate surface area is 143 Å². The summed E-state index contributed by atoms with van der Waals surface area (Å²) in [6.07, 6.45) is 1.75. The molecule has 24 heavy (non-hydrogen) atoms. The number of hydrogen-bond donors (Lipinski definition) is 1. The van der Waals surface area contributed by atoms with Gasteiger partial charge in [-0.15, -0.1) is 0 Å². The molecule has 0 unspecified atom stereocenters. The summed E-state index contributed by atoms with van der Waals surface area (Å²) in [6, 6.07) is 14.5. The van der Waals surface area contributed by atoms with Crippen LogP contribution in [-0.2, 0) is 6.54 Å². The van der Waals surface area contributed by atoms with Gasteiger partial charge in [0.05, 0.1) is 5.69 Å². The Morgan fingerprint density at radius 3 is 2.67 bits per heavy atom. The van der Waals surface area contributed by atoms with Crippen LogP contribution in [0.4, 0.5) is 0 Å². The largest absolute Gasteiger partial charge is 0.444 e. The highest BCUT2D eigenvalue weighted by Gasteiger charge is 2.10. The average Bonchev–Trinajstić information content (AvgIpc) is 3.10. The lowest BCUT2D eigenvalue weighted by Crippen LogP contribution is -2.31. The molecule has 2 aromatic carbocycles. The van der Waals surface area contributed by atoms with Gasteiger partial charge in [-0.25, -0.2) is 4.98 Å². The summed E-state index contributed by atoms with van der Waals surface area (Å²) in [5.41, 5.74) is 1.99. The van der Waals surface area contributed by atoms with Crippen LogP contribution in [0.25, 0.3) is 22.2 Å². The second-order valence-electron chi connectivity index (χ2n) is 5.87. The molecule has 3 rings (SSSR count). The lowest BCUT2D eigenvalue weighted by molar-refractivity contribution is 0.302. The molecule has 1 heterocycles. The third-order valence-corrected chi connectivity index (χ3v) is 4.38. The Morgan fingerprint density at radius 1 is 1.04 bits per heavy atom. The predicted octanol–water partition coefficient (Wildman–Crippen LogP) is 3.93. The van der Waals surface area contributed by atoms with Crippen LogP contribution >= 0.6 is 0 Å². The van der Waals surface area contributed by atoms with Gasteiger partial charge in [-0.2, -0.15) is 0 Å². The van der Waals surface area contributed by atoms with Crippen molar-refractivity contribution in [1.82, 2.24) is 15.2 Å². The summed E-state index contributed by atoms with van der Waals surface area (Å²) >= 11 is 0. The van der Waals surface area contributed by atoms with Crippen molar-refractivity contribution in [2.75, 3.05) is 26.2 Å². The van der Waals surface area contributed by atoms with E-state index in [2.05, 4.69) is 53.3 Å². The van der Waals surface area contributed by atoms with E-state index in [-0.39, 0.29) is 0 Å². The van der Waals surface area contributed by atoms with Crippen molar-refractivity contribution >= 4 is 10.8 Å². The molecule has 0 aliphatic carbocycles. The van der Waals surface area contributed by atoms with Crippen LogP contribution in [0.5, 0.6) is 0 Å². The number of benzene rings is 2. The first-order valence-corrected chi connectivity index (χ1v) is 8.67. The van der Waals surface area contributed by atoms with Crippen LogP contribution in [0.2, 0.25) is 0 Å². The maximum Gasteiger partial charge on any atom is 0.226 e. The van der Waals surface area contributed by atoms with E-state index in [9.17, 15) is 0 Å². The zero-order chi connectivity index (χ0) is 16.8. The zero-order valence-corrected chi connectivity index (χ0v) is 14.5. The third kappa shape index (κ3) is 3.83. The first kappa shape index (κ1) is 16.7. The Balaban J connectivity index is 1.65. The van der Waals surface area contributed by atoms with Crippen LogP contribution in [-0.4, -0.2) is 36.1 Å². The lowest BCUT2D eigenvalue weighted by Gasteiger charge is -2.17. The normalized spacial score (nSPS) is 11.5. The van der Waals surface area contributed by atoms with E-state index in [0.717, 1.165) is 44.0 Å². The predicted molar refractivity (Wildman–Crippen MR) is 98.9 cm³/mol. The maximum absolute atomic E-state index is 5.72. The summed E-state index contributed by atoms with van der Waals surface area (Å²) in [5.74, 6) is 0.687. The van der Waals surface area contributed by atoms with E-state index in [1.165, 1.54) is 10.8 Å². The number of likely N-dealkylation sites (N-methyl/N-ethyl adjacent to an activating group) is 1. The number of nitrogens with one attached hydrogen (secondary N) is 1. The maximum atomic E-state index is 5.72. The molecule has 126 valence electrons.